The Bertz CT molecular complexity index is 689. The first-order chi connectivity index (χ1) is 11.1. The zero-order chi connectivity index (χ0) is 16.7. The van der Waals surface area contributed by atoms with Crippen LogP contribution < -0.4 is 9.78 Å². The summed E-state index contributed by atoms with van der Waals surface area (Å²) in [4.78, 5) is 23.4. The van der Waals surface area contributed by atoms with Crippen LogP contribution in [0.2, 0.25) is 5.32 Å². The van der Waals surface area contributed by atoms with Crippen LogP contribution in [0.3, 0.4) is 0 Å². The third-order valence-corrected chi connectivity index (χ3v) is 5.75. The molecular weight excluding hydrogens is 359 g/mol. The minimum absolute atomic E-state index is 0.0433. The molecule has 0 aromatic heterocycles. The third kappa shape index (κ3) is 4.65. The molecule has 0 radical (unpaired) electrons. The van der Waals surface area contributed by atoms with Gasteiger partial charge in [-0.3, -0.25) is 0 Å². The van der Waals surface area contributed by atoms with Crippen LogP contribution in [0.5, 0.6) is 0 Å². The van der Waals surface area contributed by atoms with E-state index in [9.17, 15) is 14.9 Å². The van der Waals surface area contributed by atoms with Crippen LogP contribution >= 0.6 is 0 Å². The van der Waals surface area contributed by atoms with E-state index in [1.807, 2.05) is 18.2 Å². The molecule has 0 heterocycles. The molecular formula is C17H18N2O3Se. The van der Waals surface area contributed by atoms with E-state index in [4.69, 9.17) is 0 Å². The van der Waals surface area contributed by atoms with Gasteiger partial charge >= 0.3 is 141 Å². The minimum atomic E-state index is -0.400. The van der Waals surface area contributed by atoms with Crippen molar-refractivity contribution in [3.05, 3.63) is 64.2 Å². The average Bonchev–Trinajstić information content (AvgIpc) is 2.55. The predicted octanol–water partition coefficient (Wildman–Crippen LogP) is 3.40. The van der Waals surface area contributed by atoms with Gasteiger partial charge in [-0.05, 0) is 0 Å². The van der Waals surface area contributed by atoms with E-state index < -0.39 is 4.92 Å². The molecule has 0 aliphatic rings. The molecule has 0 atom stereocenters. The Hall–Kier alpha value is -2.17. The summed E-state index contributed by atoms with van der Waals surface area (Å²) in [7, 11) is 0. The van der Waals surface area contributed by atoms with Crippen molar-refractivity contribution in [2.75, 3.05) is 5.32 Å². The summed E-state index contributed by atoms with van der Waals surface area (Å²) < 4.78 is 0.576. The van der Waals surface area contributed by atoms with Crippen molar-refractivity contribution in [3.8, 4) is 0 Å². The van der Waals surface area contributed by atoms with Gasteiger partial charge in [0.05, 0.1) is 0 Å². The summed E-state index contributed by atoms with van der Waals surface area (Å²) in [6.07, 6.45) is 2.04. The van der Waals surface area contributed by atoms with Crippen LogP contribution in [0.25, 0.3) is 0 Å². The van der Waals surface area contributed by atoms with Crippen LogP contribution in [0.1, 0.15) is 30.1 Å². The van der Waals surface area contributed by atoms with E-state index in [1.165, 1.54) is 6.07 Å². The fourth-order valence-corrected chi connectivity index (χ4v) is 4.65. The van der Waals surface area contributed by atoms with Gasteiger partial charge in [0, 0.05) is 0 Å². The van der Waals surface area contributed by atoms with Crippen molar-refractivity contribution in [1.82, 2.24) is 0 Å². The predicted molar refractivity (Wildman–Crippen MR) is 92.6 cm³/mol. The molecule has 0 saturated heterocycles. The number of benzene rings is 2. The summed E-state index contributed by atoms with van der Waals surface area (Å²) in [6, 6.07) is 13.8. The number of hydrogen-bond donors (Lipinski definition) is 1. The number of nitrogens with one attached hydrogen (secondary N) is 1. The molecule has 2 aromatic carbocycles. The van der Waals surface area contributed by atoms with Crippen molar-refractivity contribution in [3.63, 3.8) is 0 Å². The number of carbonyl (C=O) groups is 1. The number of nitro benzene ring substituents is 1. The number of carbonyl (C=O) groups excluding carboxylic acids is 1. The number of nitrogens with zero attached hydrogens (tertiary/aromatic N) is 1. The summed E-state index contributed by atoms with van der Waals surface area (Å²) in [5, 5.41) is 15.0. The van der Waals surface area contributed by atoms with Crippen LogP contribution in [0.4, 0.5) is 11.4 Å². The molecule has 1 N–H and O–H groups in total. The van der Waals surface area contributed by atoms with Crippen molar-refractivity contribution in [2.45, 2.75) is 25.1 Å². The average molecular weight is 377 g/mol. The molecule has 6 heteroatoms. The van der Waals surface area contributed by atoms with Gasteiger partial charge in [0.25, 0.3) is 0 Å². The normalized spacial score (nSPS) is 10.3. The Labute approximate surface area is 141 Å². The first-order valence-corrected chi connectivity index (χ1v) is 9.47. The quantitative estimate of drug-likeness (QED) is 0.348. The van der Waals surface area contributed by atoms with Gasteiger partial charge in [0.15, 0.2) is 0 Å². The molecule has 1 amide bonds. The van der Waals surface area contributed by atoms with Gasteiger partial charge in [-0.25, -0.2) is 0 Å². The zero-order valence-corrected chi connectivity index (χ0v) is 14.5. The van der Waals surface area contributed by atoms with E-state index in [-0.39, 0.29) is 26.6 Å². The maximum absolute atomic E-state index is 12.5. The van der Waals surface area contributed by atoms with Crippen molar-refractivity contribution in [1.29, 1.82) is 0 Å². The van der Waals surface area contributed by atoms with Gasteiger partial charge in [0.2, 0.25) is 0 Å². The summed E-state index contributed by atoms with van der Waals surface area (Å²) in [5.74, 6) is -0.298. The Balaban J connectivity index is 2.30. The Morgan fingerprint density at radius 2 is 1.91 bits per heavy atom. The van der Waals surface area contributed by atoms with Crippen LogP contribution in [0, 0.1) is 10.1 Å². The van der Waals surface area contributed by atoms with E-state index in [2.05, 4.69) is 12.2 Å². The van der Waals surface area contributed by atoms with Gasteiger partial charge < -0.3 is 0 Å². The molecule has 0 saturated carbocycles. The van der Waals surface area contributed by atoms with Crippen LogP contribution in [0.15, 0.2) is 48.5 Å². The van der Waals surface area contributed by atoms with Gasteiger partial charge in [-0.15, -0.1) is 0 Å². The second kappa shape index (κ2) is 8.46. The van der Waals surface area contributed by atoms with Gasteiger partial charge in [-0.1, -0.05) is 0 Å². The fraction of sp³-hybridized carbons (Fsp3) is 0.235. The molecule has 0 aliphatic carbocycles. The molecule has 2 aromatic rings. The number of rotatable bonds is 7. The number of para-hydroxylation sites is 1. The summed E-state index contributed by atoms with van der Waals surface area (Å²) in [5.41, 5.74) is 1.12. The van der Waals surface area contributed by atoms with Gasteiger partial charge in [0.1, 0.15) is 0 Å². The molecule has 5 nitrogen and oxygen atoms in total. The zero-order valence-electron chi connectivity index (χ0n) is 12.8. The first-order valence-electron chi connectivity index (χ1n) is 7.40. The molecule has 0 aliphatic heterocycles. The third-order valence-electron chi connectivity index (χ3n) is 3.21. The molecule has 0 fully saturated rings. The number of anilines is 1. The SMILES string of the molecule is CCCC[Se]c1c(C(=O)Nc2ccccc2)cccc1[N+](=O)[O-]. The fourth-order valence-electron chi connectivity index (χ4n) is 2.04. The second-order valence-corrected chi connectivity index (χ2v) is 7.25. The molecule has 23 heavy (non-hydrogen) atoms. The summed E-state index contributed by atoms with van der Waals surface area (Å²) >= 11 is -0.0942. The monoisotopic (exact) mass is 378 g/mol. The molecule has 2 rings (SSSR count). The van der Waals surface area contributed by atoms with E-state index >= 15 is 0 Å². The van der Waals surface area contributed by atoms with E-state index in [0.717, 1.165) is 18.2 Å². The van der Waals surface area contributed by atoms with Crippen LogP contribution in [-0.4, -0.2) is 25.8 Å². The Morgan fingerprint density at radius 1 is 1.17 bits per heavy atom. The maximum atomic E-state index is 12.5. The second-order valence-electron chi connectivity index (χ2n) is 4.93. The van der Waals surface area contributed by atoms with Crippen molar-refractivity contribution in [2.24, 2.45) is 0 Å². The number of nitro groups is 1. The molecule has 0 bridgehead atoms. The molecule has 0 unspecified atom stereocenters. The molecule has 0 spiro atoms. The Kier molecular flexibility index (Phi) is 6.32. The molecule has 120 valence electrons. The Morgan fingerprint density at radius 3 is 2.57 bits per heavy atom. The van der Waals surface area contributed by atoms with Crippen molar-refractivity contribution < 1.29 is 9.72 Å². The van der Waals surface area contributed by atoms with E-state index in [1.54, 1.807) is 24.3 Å². The first kappa shape index (κ1) is 17.2. The summed E-state index contributed by atoms with van der Waals surface area (Å²) in [6.45, 7) is 2.08. The van der Waals surface area contributed by atoms with Crippen molar-refractivity contribution >= 4 is 36.7 Å². The van der Waals surface area contributed by atoms with Gasteiger partial charge in [-0.2, -0.15) is 0 Å². The number of amides is 1. The topological polar surface area (TPSA) is 72.2 Å². The standard InChI is InChI=1S/C17H18N2O3Se/c1-2-3-12-23-16-14(10-7-11-15(16)19(21)22)17(20)18-13-8-5-4-6-9-13/h4-11H,2-3,12H2,1H3,(H,18,20). The van der Waals surface area contributed by atoms with E-state index in [0.29, 0.717) is 15.7 Å². The number of unbranched alkanes of at least 4 members (excludes halogenated alkanes) is 1. The number of hydrogen-bond acceptors (Lipinski definition) is 3. The van der Waals surface area contributed by atoms with Crippen LogP contribution in [-0.2, 0) is 0 Å².